The van der Waals surface area contributed by atoms with E-state index in [0.29, 0.717) is 9.47 Å². The fourth-order valence-corrected chi connectivity index (χ4v) is 2.31. The summed E-state index contributed by atoms with van der Waals surface area (Å²) in [5, 5.41) is 4.18. The Balaban J connectivity index is 2.59. The third-order valence-electron chi connectivity index (χ3n) is 1.93. The highest BCUT2D eigenvalue weighted by Crippen LogP contribution is 2.18. The van der Waals surface area contributed by atoms with Gasteiger partial charge >= 0.3 is 0 Å². The first-order valence-electron chi connectivity index (χ1n) is 4.29. The summed E-state index contributed by atoms with van der Waals surface area (Å²) in [6.07, 6.45) is 1.81. The van der Waals surface area contributed by atoms with Gasteiger partial charge in [0.05, 0.1) is 0 Å². The molecule has 0 saturated heterocycles. The molecule has 2 heterocycles. The fourth-order valence-electron chi connectivity index (χ4n) is 1.33. The van der Waals surface area contributed by atoms with Crippen LogP contribution in [0.3, 0.4) is 0 Å². The first kappa shape index (κ1) is 10.8. The van der Waals surface area contributed by atoms with Gasteiger partial charge in [-0.3, -0.25) is 0 Å². The maximum atomic E-state index is 4.33. The van der Waals surface area contributed by atoms with Crippen molar-refractivity contribution in [3.63, 3.8) is 0 Å². The van der Waals surface area contributed by atoms with Crippen LogP contribution in [0.1, 0.15) is 11.1 Å². The number of rotatable bonds is 1. The van der Waals surface area contributed by atoms with Gasteiger partial charge in [0.15, 0.2) is 5.82 Å². The molecule has 0 aliphatic heterocycles. The van der Waals surface area contributed by atoms with Crippen LogP contribution in [-0.2, 0) is 0 Å². The molecule has 0 saturated carbocycles. The molecule has 0 aliphatic rings. The Hall–Kier alpha value is -0.750. The summed E-state index contributed by atoms with van der Waals surface area (Å²) in [5.41, 5.74) is 2.19. The van der Waals surface area contributed by atoms with Crippen molar-refractivity contribution in [3.8, 4) is 5.82 Å². The zero-order valence-corrected chi connectivity index (χ0v) is 11.4. The molecule has 0 spiro atoms. The lowest BCUT2D eigenvalue weighted by molar-refractivity contribution is 0.810. The van der Waals surface area contributed by atoms with Gasteiger partial charge in [0.1, 0.15) is 0 Å². The van der Waals surface area contributed by atoms with Crippen molar-refractivity contribution in [3.05, 3.63) is 32.9 Å². The molecule has 0 atom stereocenters. The lowest BCUT2D eigenvalue weighted by atomic mass is 10.2. The lowest BCUT2D eigenvalue weighted by Crippen LogP contribution is -2.03. The second kappa shape index (κ2) is 4.02. The Morgan fingerprint density at radius 2 is 2.00 bits per heavy atom. The van der Waals surface area contributed by atoms with E-state index in [2.05, 4.69) is 53.0 Å². The summed E-state index contributed by atoms with van der Waals surface area (Å²) in [7, 11) is 0. The van der Waals surface area contributed by atoms with Gasteiger partial charge in [-0.15, -0.1) is 5.10 Å². The molecule has 78 valence electrons. The molecule has 0 bridgehead atoms. The first-order valence-corrected chi connectivity index (χ1v) is 5.88. The van der Waals surface area contributed by atoms with Crippen molar-refractivity contribution in [2.45, 2.75) is 13.8 Å². The second-order valence-corrected chi connectivity index (χ2v) is 4.63. The van der Waals surface area contributed by atoms with Crippen molar-refractivity contribution in [2.24, 2.45) is 0 Å². The Morgan fingerprint density at radius 3 is 2.53 bits per heavy atom. The van der Waals surface area contributed by atoms with Crippen molar-refractivity contribution in [1.29, 1.82) is 0 Å². The number of pyridine rings is 1. The average molecular weight is 332 g/mol. The first-order chi connectivity index (χ1) is 7.08. The standard InChI is InChI=1S/C9H8Br2N4/c1-5-3-6(2)7(12-4-5)15-9(11)13-8(10)14-15/h3-4H,1-2H3. The van der Waals surface area contributed by atoms with E-state index in [0.717, 1.165) is 16.9 Å². The predicted octanol–water partition coefficient (Wildman–Crippen LogP) is 2.80. The minimum atomic E-state index is 0.538. The van der Waals surface area contributed by atoms with Crippen LogP contribution in [0.15, 0.2) is 21.7 Å². The minimum Gasteiger partial charge on any atom is -0.237 e. The van der Waals surface area contributed by atoms with Crippen LogP contribution in [0, 0.1) is 13.8 Å². The quantitative estimate of drug-likeness (QED) is 0.807. The van der Waals surface area contributed by atoms with E-state index in [1.165, 1.54) is 0 Å². The van der Waals surface area contributed by atoms with Crippen molar-refractivity contribution >= 4 is 31.9 Å². The van der Waals surface area contributed by atoms with Crippen LogP contribution in [0.5, 0.6) is 0 Å². The number of aryl methyl sites for hydroxylation is 2. The summed E-state index contributed by atoms with van der Waals surface area (Å²) in [6.45, 7) is 4.01. The molecule has 0 amide bonds. The molecule has 0 unspecified atom stereocenters. The Morgan fingerprint density at radius 1 is 1.27 bits per heavy atom. The highest BCUT2D eigenvalue weighted by Gasteiger charge is 2.10. The predicted molar refractivity (Wildman–Crippen MR) is 64.0 cm³/mol. The smallest absolute Gasteiger partial charge is 0.218 e. The second-order valence-electron chi connectivity index (χ2n) is 3.21. The van der Waals surface area contributed by atoms with Crippen LogP contribution in [0.2, 0.25) is 0 Å². The highest BCUT2D eigenvalue weighted by atomic mass is 79.9. The fraction of sp³-hybridized carbons (Fsp3) is 0.222. The van der Waals surface area contributed by atoms with E-state index in [1.54, 1.807) is 4.68 Å². The van der Waals surface area contributed by atoms with Gasteiger partial charge in [-0.25, -0.2) is 4.98 Å². The number of halogens is 2. The molecule has 4 nitrogen and oxygen atoms in total. The molecular weight excluding hydrogens is 324 g/mol. The Kier molecular flexibility index (Phi) is 2.88. The van der Waals surface area contributed by atoms with Crippen molar-refractivity contribution < 1.29 is 0 Å². The Labute approximate surface area is 104 Å². The lowest BCUT2D eigenvalue weighted by Gasteiger charge is -2.05. The molecule has 6 heteroatoms. The molecule has 0 radical (unpaired) electrons. The number of hydrogen-bond acceptors (Lipinski definition) is 3. The molecule has 2 rings (SSSR count). The number of nitrogens with zero attached hydrogens (tertiary/aromatic N) is 4. The third-order valence-corrected chi connectivity index (χ3v) is 2.78. The van der Waals surface area contributed by atoms with E-state index >= 15 is 0 Å². The van der Waals surface area contributed by atoms with E-state index in [4.69, 9.17) is 0 Å². The maximum absolute atomic E-state index is 4.33. The van der Waals surface area contributed by atoms with Crippen LogP contribution >= 0.6 is 31.9 Å². The minimum absolute atomic E-state index is 0.538. The summed E-state index contributed by atoms with van der Waals surface area (Å²) in [5.74, 6) is 0.783. The van der Waals surface area contributed by atoms with Crippen LogP contribution in [-0.4, -0.2) is 19.7 Å². The molecule has 0 aliphatic carbocycles. The van der Waals surface area contributed by atoms with Gasteiger partial charge < -0.3 is 0 Å². The summed E-state index contributed by atoms with van der Waals surface area (Å²) < 4.78 is 2.82. The summed E-state index contributed by atoms with van der Waals surface area (Å²) in [4.78, 5) is 8.43. The van der Waals surface area contributed by atoms with Gasteiger partial charge in [-0.05, 0) is 56.8 Å². The summed E-state index contributed by atoms with van der Waals surface area (Å²) >= 11 is 6.54. The van der Waals surface area contributed by atoms with Gasteiger partial charge in [0.25, 0.3) is 0 Å². The zero-order valence-electron chi connectivity index (χ0n) is 8.20. The maximum Gasteiger partial charge on any atom is 0.218 e. The zero-order chi connectivity index (χ0) is 11.0. The van der Waals surface area contributed by atoms with Gasteiger partial charge in [0.2, 0.25) is 9.47 Å². The molecule has 15 heavy (non-hydrogen) atoms. The molecule has 2 aromatic rings. The van der Waals surface area contributed by atoms with E-state index < -0.39 is 0 Å². The van der Waals surface area contributed by atoms with E-state index in [-0.39, 0.29) is 0 Å². The van der Waals surface area contributed by atoms with Gasteiger partial charge in [-0.1, -0.05) is 6.07 Å². The van der Waals surface area contributed by atoms with Gasteiger partial charge in [0, 0.05) is 6.20 Å². The molecule has 0 aromatic carbocycles. The molecule has 0 fully saturated rings. The monoisotopic (exact) mass is 330 g/mol. The van der Waals surface area contributed by atoms with E-state index in [1.807, 2.05) is 20.0 Å². The largest absolute Gasteiger partial charge is 0.237 e. The SMILES string of the molecule is Cc1cnc(-n2nc(Br)nc2Br)c(C)c1. The van der Waals surface area contributed by atoms with Crippen molar-refractivity contribution in [1.82, 2.24) is 19.7 Å². The highest BCUT2D eigenvalue weighted by molar-refractivity contribution is 9.11. The van der Waals surface area contributed by atoms with Crippen LogP contribution in [0.4, 0.5) is 0 Å². The van der Waals surface area contributed by atoms with Crippen LogP contribution in [0.25, 0.3) is 5.82 Å². The summed E-state index contributed by atoms with van der Waals surface area (Å²) in [6, 6.07) is 2.06. The number of hydrogen-bond donors (Lipinski definition) is 0. The number of aromatic nitrogens is 4. The van der Waals surface area contributed by atoms with Crippen LogP contribution < -0.4 is 0 Å². The third kappa shape index (κ3) is 2.10. The normalized spacial score (nSPS) is 10.7. The van der Waals surface area contributed by atoms with E-state index in [9.17, 15) is 0 Å². The molecular formula is C9H8Br2N4. The van der Waals surface area contributed by atoms with Gasteiger partial charge in [-0.2, -0.15) is 9.67 Å². The average Bonchev–Trinajstić information content (AvgIpc) is 2.45. The van der Waals surface area contributed by atoms with Crippen molar-refractivity contribution in [2.75, 3.05) is 0 Å². The topological polar surface area (TPSA) is 43.6 Å². The molecule has 0 N–H and O–H groups in total. The molecule has 2 aromatic heterocycles. The Bertz CT molecular complexity index is 507.